The number of rotatable bonds is 7. The number of aromatic nitrogens is 4. The number of nitrogens with one attached hydrogen (secondary N) is 1. The van der Waals surface area contributed by atoms with E-state index in [4.69, 9.17) is 0 Å². The molecule has 8 nitrogen and oxygen atoms in total. The standard InChI is InChI=1S/C23H25N5O3/c1-26-20-19(21(30)27(2)23(26)31)28(14-17-11-7-4-8-12-17)22(25-20)24-18(15-29)13-16-9-5-3-6-10-16/h3-12,18,29H,13-15H2,1-2H3,(H,24,25)/t18-/m0/s1. The Morgan fingerprint density at radius 2 is 1.55 bits per heavy atom. The zero-order valence-electron chi connectivity index (χ0n) is 17.5. The summed E-state index contributed by atoms with van der Waals surface area (Å²) in [6.45, 7) is 0.289. The molecule has 0 unspecified atom stereocenters. The van der Waals surface area contributed by atoms with Gasteiger partial charge in [0, 0.05) is 14.1 Å². The highest BCUT2D eigenvalue weighted by atomic mass is 16.3. The van der Waals surface area contributed by atoms with Crippen LogP contribution in [0.2, 0.25) is 0 Å². The SMILES string of the molecule is Cn1c(=O)c2c(nc(N[C@H](CO)Cc3ccccc3)n2Cc2ccccc2)n(C)c1=O. The molecule has 2 N–H and O–H groups in total. The van der Waals surface area contributed by atoms with Crippen LogP contribution in [0.15, 0.2) is 70.3 Å². The van der Waals surface area contributed by atoms with Crippen LogP contribution in [0.25, 0.3) is 11.2 Å². The number of imidazole rings is 1. The number of aryl methyl sites for hydroxylation is 1. The van der Waals surface area contributed by atoms with E-state index in [2.05, 4.69) is 10.3 Å². The van der Waals surface area contributed by atoms with Gasteiger partial charge in [0.2, 0.25) is 5.95 Å². The first-order valence-corrected chi connectivity index (χ1v) is 10.1. The van der Waals surface area contributed by atoms with Gasteiger partial charge >= 0.3 is 5.69 Å². The molecule has 0 radical (unpaired) electrons. The van der Waals surface area contributed by atoms with Gasteiger partial charge < -0.3 is 10.4 Å². The van der Waals surface area contributed by atoms with Crippen molar-refractivity contribution in [3.8, 4) is 0 Å². The maximum atomic E-state index is 13.0. The van der Waals surface area contributed by atoms with Crippen LogP contribution >= 0.6 is 0 Å². The van der Waals surface area contributed by atoms with E-state index in [0.717, 1.165) is 15.7 Å². The molecule has 0 fully saturated rings. The van der Waals surface area contributed by atoms with Crippen LogP contribution in [0, 0.1) is 0 Å². The second kappa shape index (κ2) is 8.61. The van der Waals surface area contributed by atoms with Crippen molar-refractivity contribution in [1.82, 2.24) is 18.7 Å². The smallest absolute Gasteiger partial charge is 0.332 e. The maximum Gasteiger partial charge on any atom is 0.332 e. The third-order valence-corrected chi connectivity index (χ3v) is 5.41. The predicted octanol–water partition coefficient (Wildman–Crippen LogP) is 1.50. The number of aliphatic hydroxyl groups excluding tert-OH is 1. The molecule has 2 aromatic carbocycles. The van der Waals surface area contributed by atoms with E-state index < -0.39 is 11.2 Å². The number of anilines is 1. The first-order valence-electron chi connectivity index (χ1n) is 10.1. The molecule has 0 spiro atoms. The minimum Gasteiger partial charge on any atom is -0.394 e. The van der Waals surface area contributed by atoms with Crippen LogP contribution in [0.1, 0.15) is 11.1 Å². The van der Waals surface area contributed by atoms with Gasteiger partial charge in [-0.3, -0.25) is 18.5 Å². The summed E-state index contributed by atoms with van der Waals surface area (Å²) < 4.78 is 4.23. The van der Waals surface area contributed by atoms with Gasteiger partial charge in [0.1, 0.15) is 0 Å². The molecule has 31 heavy (non-hydrogen) atoms. The van der Waals surface area contributed by atoms with Gasteiger partial charge in [-0.2, -0.15) is 4.98 Å². The molecule has 0 aliphatic heterocycles. The first kappa shape index (κ1) is 20.6. The topological polar surface area (TPSA) is 94.1 Å². The van der Waals surface area contributed by atoms with Crippen LogP contribution in [0.4, 0.5) is 5.95 Å². The summed E-state index contributed by atoms with van der Waals surface area (Å²) in [6, 6.07) is 19.3. The van der Waals surface area contributed by atoms with Gasteiger partial charge in [-0.25, -0.2) is 4.79 Å². The normalized spacial score (nSPS) is 12.2. The minimum atomic E-state index is -0.434. The van der Waals surface area contributed by atoms with Crippen molar-refractivity contribution >= 4 is 17.1 Å². The second-order valence-corrected chi connectivity index (χ2v) is 7.60. The lowest BCUT2D eigenvalue weighted by molar-refractivity contribution is 0.273. The zero-order chi connectivity index (χ0) is 22.0. The van der Waals surface area contributed by atoms with Gasteiger partial charge in [0.25, 0.3) is 5.56 Å². The average Bonchev–Trinajstić information content (AvgIpc) is 3.15. The van der Waals surface area contributed by atoms with Gasteiger partial charge in [0.15, 0.2) is 11.2 Å². The van der Waals surface area contributed by atoms with Crippen LogP contribution in [-0.4, -0.2) is 36.4 Å². The molecule has 4 aromatic rings. The van der Waals surface area contributed by atoms with Crippen molar-refractivity contribution in [2.24, 2.45) is 14.1 Å². The monoisotopic (exact) mass is 419 g/mol. The fraction of sp³-hybridized carbons (Fsp3) is 0.261. The molecule has 1 atom stereocenters. The fourth-order valence-corrected chi connectivity index (χ4v) is 3.72. The molecule has 0 bridgehead atoms. The average molecular weight is 419 g/mol. The lowest BCUT2D eigenvalue weighted by Crippen LogP contribution is -2.37. The molecule has 0 aliphatic carbocycles. The van der Waals surface area contributed by atoms with E-state index in [1.54, 1.807) is 11.6 Å². The first-order chi connectivity index (χ1) is 15.0. The van der Waals surface area contributed by atoms with Crippen molar-refractivity contribution in [2.45, 2.75) is 19.0 Å². The zero-order valence-corrected chi connectivity index (χ0v) is 17.5. The largest absolute Gasteiger partial charge is 0.394 e. The van der Waals surface area contributed by atoms with Crippen molar-refractivity contribution in [1.29, 1.82) is 0 Å². The van der Waals surface area contributed by atoms with E-state index in [-0.39, 0.29) is 12.6 Å². The molecular formula is C23H25N5O3. The number of fused-ring (bicyclic) bond motifs is 1. The van der Waals surface area contributed by atoms with Gasteiger partial charge in [0.05, 0.1) is 19.2 Å². The van der Waals surface area contributed by atoms with Crippen molar-refractivity contribution in [2.75, 3.05) is 11.9 Å². The third-order valence-electron chi connectivity index (χ3n) is 5.41. The Bertz CT molecular complexity index is 1310. The number of aliphatic hydroxyl groups is 1. The van der Waals surface area contributed by atoms with Crippen molar-refractivity contribution in [3.05, 3.63) is 92.6 Å². The Labute approximate surface area is 179 Å². The van der Waals surface area contributed by atoms with Crippen LogP contribution in [0.3, 0.4) is 0 Å². The van der Waals surface area contributed by atoms with Gasteiger partial charge in [-0.05, 0) is 17.5 Å². The molecule has 0 saturated heterocycles. The summed E-state index contributed by atoms with van der Waals surface area (Å²) >= 11 is 0. The maximum absolute atomic E-state index is 13.0. The summed E-state index contributed by atoms with van der Waals surface area (Å²) in [6.07, 6.45) is 0.586. The Hall–Kier alpha value is -3.65. The van der Waals surface area contributed by atoms with E-state index in [1.807, 2.05) is 60.7 Å². The number of hydrogen-bond acceptors (Lipinski definition) is 5. The molecule has 4 rings (SSSR count). The molecular weight excluding hydrogens is 394 g/mol. The molecule has 0 amide bonds. The van der Waals surface area contributed by atoms with Crippen molar-refractivity contribution in [3.63, 3.8) is 0 Å². The number of benzene rings is 2. The van der Waals surface area contributed by atoms with E-state index in [0.29, 0.717) is 30.1 Å². The second-order valence-electron chi connectivity index (χ2n) is 7.60. The molecule has 0 aliphatic rings. The minimum absolute atomic E-state index is 0.111. The third kappa shape index (κ3) is 4.02. The lowest BCUT2D eigenvalue weighted by atomic mass is 10.1. The van der Waals surface area contributed by atoms with Gasteiger partial charge in [-0.15, -0.1) is 0 Å². The molecule has 2 heterocycles. The van der Waals surface area contributed by atoms with Crippen LogP contribution in [0.5, 0.6) is 0 Å². The van der Waals surface area contributed by atoms with Crippen LogP contribution in [-0.2, 0) is 27.1 Å². The Kier molecular flexibility index (Phi) is 5.73. The number of nitrogens with zero attached hydrogens (tertiary/aromatic N) is 4. The van der Waals surface area contributed by atoms with E-state index in [1.165, 1.54) is 11.6 Å². The Morgan fingerprint density at radius 3 is 2.16 bits per heavy atom. The molecule has 0 saturated carbocycles. The highest BCUT2D eigenvalue weighted by Crippen LogP contribution is 2.19. The van der Waals surface area contributed by atoms with E-state index in [9.17, 15) is 14.7 Å². The van der Waals surface area contributed by atoms with Crippen molar-refractivity contribution < 1.29 is 5.11 Å². The lowest BCUT2D eigenvalue weighted by Gasteiger charge is -2.18. The highest BCUT2D eigenvalue weighted by molar-refractivity contribution is 5.74. The predicted molar refractivity (Wildman–Crippen MR) is 120 cm³/mol. The Morgan fingerprint density at radius 1 is 0.935 bits per heavy atom. The van der Waals surface area contributed by atoms with E-state index >= 15 is 0 Å². The summed E-state index contributed by atoms with van der Waals surface area (Å²) in [4.78, 5) is 30.0. The quantitative estimate of drug-likeness (QED) is 0.474. The summed E-state index contributed by atoms with van der Waals surface area (Å²) in [5.41, 5.74) is 1.87. The summed E-state index contributed by atoms with van der Waals surface area (Å²) in [5.74, 6) is 0.437. The fourth-order valence-electron chi connectivity index (χ4n) is 3.72. The van der Waals surface area contributed by atoms with Gasteiger partial charge in [-0.1, -0.05) is 60.7 Å². The highest BCUT2D eigenvalue weighted by Gasteiger charge is 2.21. The molecule has 160 valence electrons. The summed E-state index contributed by atoms with van der Waals surface area (Å²) in [7, 11) is 3.06. The number of hydrogen-bond donors (Lipinski definition) is 2. The Balaban J connectivity index is 1.82. The molecule has 8 heteroatoms. The van der Waals surface area contributed by atoms with Crippen LogP contribution < -0.4 is 16.6 Å². The molecule has 2 aromatic heterocycles. The summed E-state index contributed by atoms with van der Waals surface area (Å²) in [5, 5.41) is 13.3.